The molecule has 2 heterocycles. The van der Waals surface area contributed by atoms with Crippen LogP contribution in [0.5, 0.6) is 0 Å². The molecule has 2 aliphatic heterocycles. The zero-order chi connectivity index (χ0) is 10.5. The summed E-state index contributed by atoms with van der Waals surface area (Å²) >= 11 is 2.29. The molecule has 0 radical (unpaired) electrons. The second-order valence-corrected chi connectivity index (χ2v) is 18.1. The summed E-state index contributed by atoms with van der Waals surface area (Å²) in [6.07, 6.45) is 9.02. The Morgan fingerprint density at radius 1 is 0.500 bits per heavy atom. The zero-order valence-electron chi connectivity index (χ0n) is 9.03. The van der Waals surface area contributed by atoms with Crippen molar-refractivity contribution in [3.63, 3.8) is 0 Å². The molecule has 2 aliphatic carbocycles. The normalized spacial score (nSPS) is 28.5. The van der Waals surface area contributed by atoms with E-state index in [4.69, 9.17) is 0 Å². The summed E-state index contributed by atoms with van der Waals surface area (Å²) in [6.45, 7) is 0. The fourth-order valence-electron chi connectivity index (χ4n) is 2.67. The van der Waals surface area contributed by atoms with Crippen LogP contribution in [0.1, 0.15) is 38.5 Å². The average molecular weight is 476 g/mol. The molecule has 0 unspecified atom stereocenters. The van der Waals surface area contributed by atoms with Crippen LogP contribution in [0, 0.1) is 0 Å². The third-order valence-electron chi connectivity index (χ3n) is 3.48. The van der Waals surface area contributed by atoms with Gasteiger partial charge >= 0.3 is 121 Å². The van der Waals surface area contributed by atoms with E-state index in [1.807, 2.05) is 17.7 Å². The van der Waals surface area contributed by atoms with E-state index >= 15 is 0 Å². The summed E-state index contributed by atoms with van der Waals surface area (Å²) in [6, 6.07) is 0. The van der Waals surface area contributed by atoms with E-state index in [1.165, 1.54) is 38.5 Å². The Labute approximate surface area is 120 Å². The van der Waals surface area contributed by atoms with Gasteiger partial charge in [0.2, 0.25) is 0 Å². The first-order valence-electron chi connectivity index (χ1n) is 5.95. The molecule has 4 heteroatoms. The van der Waals surface area contributed by atoms with Gasteiger partial charge in [0.05, 0.1) is 0 Å². The van der Waals surface area contributed by atoms with E-state index in [9.17, 15) is 0 Å². The summed E-state index contributed by atoms with van der Waals surface area (Å²) in [7, 11) is 0. The first-order valence-corrected chi connectivity index (χ1v) is 13.5. The third-order valence-corrected chi connectivity index (χ3v) is 22.9. The van der Waals surface area contributed by atoms with Gasteiger partial charge in [0.25, 0.3) is 0 Å². The molecule has 2 fully saturated rings. The summed E-state index contributed by atoms with van der Waals surface area (Å²) in [5.41, 5.74) is 0. The Morgan fingerprint density at radius 2 is 0.812 bits per heavy atom. The average Bonchev–Trinajstić information content (AvgIpc) is 2.94. The van der Waals surface area contributed by atoms with E-state index in [0.29, 0.717) is 58.1 Å². The molecule has 16 heavy (non-hydrogen) atoms. The number of rotatable bonds is 0. The molecule has 0 aromatic rings. The van der Waals surface area contributed by atoms with Gasteiger partial charge in [-0.3, -0.25) is 0 Å². The summed E-state index contributed by atoms with van der Waals surface area (Å²) in [4.78, 5) is 0. The molecular formula is C12H16Se4. The van der Waals surface area contributed by atoms with E-state index in [-0.39, 0.29) is 0 Å². The van der Waals surface area contributed by atoms with Gasteiger partial charge in [-0.25, -0.2) is 0 Å². The minimum absolute atomic E-state index is 0.573. The van der Waals surface area contributed by atoms with Gasteiger partial charge in [-0.2, -0.15) is 0 Å². The Balaban J connectivity index is 1.79. The molecule has 0 aromatic carbocycles. The SMILES string of the molecule is C1CC2=[SeH]C(=C3[SeH]=C4CCCC4=[SeH]3)[SeH]=C2C1. The van der Waals surface area contributed by atoms with Crippen LogP contribution >= 0.6 is 0 Å². The molecule has 0 saturated heterocycles. The van der Waals surface area contributed by atoms with Crippen LogP contribution in [-0.2, 0) is 0 Å². The zero-order valence-corrected chi connectivity index (χ0v) is 16.5. The maximum atomic E-state index is 2.10. The van der Waals surface area contributed by atoms with Crippen LogP contribution in [0.4, 0.5) is 0 Å². The molecule has 0 bridgehead atoms. The molecule has 4 rings (SSSR count). The summed E-state index contributed by atoms with van der Waals surface area (Å²) < 4.78 is 12.2. The van der Waals surface area contributed by atoms with E-state index in [1.54, 1.807) is 0 Å². The topological polar surface area (TPSA) is 0 Å². The second-order valence-electron chi connectivity index (χ2n) is 4.59. The first-order chi connectivity index (χ1) is 7.90. The van der Waals surface area contributed by atoms with Crippen molar-refractivity contribution in [2.75, 3.05) is 0 Å². The fourth-order valence-corrected chi connectivity index (χ4v) is 23.0. The van der Waals surface area contributed by atoms with Crippen LogP contribution in [0.3, 0.4) is 0 Å². The number of hydrogen-bond acceptors (Lipinski definition) is 0. The molecule has 0 nitrogen and oxygen atoms in total. The first kappa shape index (κ1) is 11.2. The van der Waals surface area contributed by atoms with Crippen LogP contribution in [-0.4, -0.2) is 75.7 Å². The summed E-state index contributed by atoms with van der Waals surface area (Å²) in [5, 5.41) is 0. The molecule has 0 atom stereocenters. The molecule has 4 aliphatic rings. The second kappa shape index (κ2) is 4.44. The predicted octanol–water partition coefficient (Wildman–Crippen LogP) is -1.06. The van der Waals surface area contributed by atoms with Gasteiger partial charge in [-0.15, -0.1) is 0 Å². The van der Waals surface area contributed by atoms with Gasteiger partial charge in [0, 0.05) is 0 Å². The standard InChI is InChI=1S/C12H16Se4/c1-3-7-8(4-1)14-11(13-7)12-15-9-5-2-6-10(9)16-12/h13-16H,1-6H2. The van der Waals surface area contributed by atoms with Crippen molar-refractivity contribution < 1.29 is 0 Å². The van der Waals surface area contributed by atoms with Crippen LogP contribution in [0.25, 0.3) is 0 Å². The van der Waals surface area contributed by atoms with Crippen molar-refractivity contribution in [1.82, 2.24) is 0 Å². The Bertz CT molecular complexity index is 439. The monoisotopic (exact) mass is 480 g/mol. The van der Waals surface area contributed by atoms with Crippen molar-refractivity contribution in [2.45, 2.75) is 38.5 Å². The number of fused-ring (bicyclic) bond motifs is 2. The Hall–Kier alpha value is 1.30. The van der Waals surface area contributed by atoms with Crippen LogP contribution in [0.15, 0.2) is 6.74 Å². The van der Waals surface area contributed by atoms with Gasteiger partial charge in [0.15, 0.2) is 0 Å². The summed E-state index contributed by atoms with van der Waals surface area (Å²) in [5.74, 6) is 0. The van der Waals surface area contributed by atoms with Crippen LogP contribution < -0.4 is 0 Å². The fraction of sp³-hybridized carbons (Fsp3) is 0.500. The predicted molar refractivity (Wildman–Crippen MR) is 83.4 cm³/mol. The van der Waals surface area contributed by atoms with Gasteiger partial charge < -0.3 is 0 Å². The maximum absolute atomic E-state index is 2.10. The van der Waals surface area contributed by atoms with E-state index < -0.39 is 0 Å². The van der Waals surface area contributed by atoms with Gasteiger partial charge in [-0.05, 0) is 0 Å². The molecule has 88 valence electrons. The van der Waals surface area contributed by atoms with E-state index in [2.05, 4.69) is 6.74 Å². The molecular weight excluding hydrogens is 460 g/mol. The molecule has 0 N–H and O–H groups in total. The number of hydrogen-bond donors (Lipinski definition) is 0. The Kier molecular flexibility index (Phi) is 3.10. The molecule has 0 aromatic heterocycles. The van der Waals surface area contributed by atoms with Gasteiger partial charge in [-0.1, -0.05) is 0 Å². The van der Waals surface area contributed by atoms with Crippen LogP contribution in [0.2, 0.25) is 0 Å². The van der Waals surface area contributed by atoms with Crippen molar-refractivity contribution in [3.05, 3.63) is 6.74 Å². The van der Waals surface area contributed by atoms with E-state index in [0.717, 1.165) is 0 Å². The minimum atomic E-state index is 0.573. The molecule has 2 saturated carbocycles. The third kappa shape index (κ3) is 1.83. The van der Waals surface area contributed by atoms with Crippen molar-refractivity contribution in [1.29, 1.82) is 0 Å². The molecule has 0 spiro atoms. The quantitative estimate of drug-likeness (QED) is 0.392. The van der Waals surface area contributed by atoms with Crippen molar-refractivity contribution in [3.8, 4) is 0 Å². The molecule has 0 amide bonds. The van der Waals surface area contributed by atoms with Crippen molar-refractivity contribution in [2.24, 2.45) is 0 Å². The van der Waals surface area contributed by atoms with Gasteiger partial charge in [0.1, 0.15) is 0 Å². The Morgan fingerprint density at radius 3 is 1.12 bits per heavy atom. The van der Waals surface area contributed by atoms with Crippen molar-refractivity contribution >= 4 is 75.7 Å².